The number of anilines is 2. The van der Waals surface area contributed by atoms with Crippen molar-refractivity contribution in [1.29, 1.82) is 0 Å². The third-order valence-electron chi connectivity index (χ3n) is 2.04. The average Bonchev–Trinajstić information content (AvgIpc) is 2.28. The van der Waals surface area contributed by atoms with Crippen molar-refractivity contribution >= 4 is 27.3 Å². The molecule has 1 aromatic rings. The average molecular weight is 226 g/mol. The van der Waals surface area contributed by atoms with Crippen molar-refractivity contribution < 1.29 is 0 Å². The van der Waals surface area contributed by atoms with Gasteiger partial charge in [-0.25, -0.2) is 0 Å². The summed E-state index contributed by atoms with van der Waals surface area (Å²) in [6, 6.07) is 6.29. The zero-order valence-corrected chi connectivity index (χ0v) is 8.67. The Bertz CT molecular complexity index is 311. The van der Waals surface area contributed by atoms with Crippen molar-refractivity contribution in [1.82, 2.24) is 0 Å². The molecule has 3 heteroatoms. The molecule has 0 bridgehead atoms. The highest BCUT2D eigenvalue weighted by molar-refractivity contribution is 9.10. The van der Waals surface area contributed by atoms with Crippen LogP contribution >= 0.6 is 15.9 Å². The van der Waals surface area contributed by atoms with Gasteiger partial charge in [0.05, 0.1) is 0 Å². The van der Waals surface area contributed by atoms with Gasteiger partial charge in [-0.3, -0.25) is 0 Å². The summed E-state index contributed by atoms with van der Waals surface area (Å²) in [5, 5.41) is 0. The molecule has 2 rings (SSSR count). The minimum absolute atomic E-state index is 1.12. The highest BCUT2D eigenvalue weighted by atomic mass is 79.9. The van der Waals surface area contributed by atoms with Crippen LogP contribution in [0.1, 0.15) is 0 Å². The molecular weight excluding hydrogens is 216 g/mol. The molecule has 0 aromatic heterocycles. The lowest BCUT2D eigenvalue weighted by molar-refractivity contribution is 1.04. The van der Waals surface area contributed by atoms with Crippen LogP contribution in [-0.2, 0) is 0 Å². The summed E-state index contributed by atoms with van der Waals surface area (Å²) in [5.74, 6) is 0. The van der Waals surface area contributed by atoms with Gasteiger partial charge in [-0.05, 0) is 32.3 Å². The molecule has 12 heavy (non-hydrogen) atoms. The van der Waals surface area contributed by atoms with Crippen LogP contribution in [0.3, 0.4) is 0 Å². The van der Waals surface area contributed by atoms with E-state index in [0.717, 1.165) is 4.47 Å². The quantitative estimate of drug-likeness (QED) is 0.627. The fraction of sp³-hybridized carbons (Fsp3) is 0.222. The molecule has 0 unspecified atom stereocenters. The number of rotatable bonds is 0. The van der Waals surface area contributed by atoms with Gasteiger partial charge >= 0.3 is 0 Å². The van der Waals surface area contributed by atoms with Crippen LogP contribution < -0.4 is 9.80 Å². The first kappa shape index (κ1) is 7.92. The molecule has 1 aliphatic rings. The SMILES string of the molecule is CN1[CH-]N(C)c2cc(Br)ccc21. The van der Waals surface area contributed by atoms with E-state index in [1.165, 1.54) is 11.4 Å². The molecule has 0 radical (unpaired) electrons. The summed E-state index contributed by atoms with van der Waals surface area (Å²) in [4.78, 5) is 4.22. The van der Waals surface area contributed by atoms with E-state index in [1.807, 2.05) is 0 Å². The number of hydrogen-bond donors (Lipinski definition) is 0. The van der Waals surface area contributed by atoms with Crippen LogP contribution in [0, 0.1) is 6.67 Å². The van der Waals surface area contributed by atoms with Crippen molar-refractivity contribution in [3.8, 4) is 0 Å². The second kappa shape index (κ2) is 2.66. The Morgan fingerprint density at radius 1 is 1.17 bits per heavy atom. The highest BCUT2D eigenvalue weighted by Crippen LogP contribution is 2.37. The van der Waals surface area contributed by atoms with E-state index in [9.17, 15) is 0 Å². The Labute approximate surface area is 80.9 Å². The molecule has 1 heterocycles. The summed E-state index contributed by atoms with van der Waals surface area (Å²) in [7, 11) is 4.10. The monoisotopic (exact) mass is 225 g/mol. The predicted octanol–water partition coefficient (Wildman–Crippen LogP) is 2.45. The van der Waals surface area contributed by atoms with E-state index in [2.05, 4.69) is 64.7 Å². The summed E-state index contributed by atoms with van der Waals surface area (Å²) < 4.78 is 1.12. The zero-order valence-electron chi connectivity index (χ0n) is 7.08. The second-order valence-corrected chi connectivity index (χ2v) is 3.89. The van der Waals surface area contributed by atoms with Crippen LogP contribution in [-0.4, -0.2) is 14.1 Å². The number of halogens is 1. The molecule has 1 aliphatic heterocycles. The van der Waals surface area contributed by atoms with Gasteiger partial charge in [-0.15, -0.1) is 0 Å². The third-order valence-corrected chi connectivity index (χ3v) is 2.54. The number of benzene rings is 1. The number of hydrogen-bond acceptors (Lipinski definition) is 2. The summed E-state index contributed by atoms with van der Waals surface area (Å²) >= 11 is 3.45. The van der Waals surface area contributed by atoms with Gasteiger partial charge in [0.1, 0.15) is 0 Å². The standard InChI is InChI=1S/C9H10BrN2/c1-11-6-12(2)9-5-7(10)3-4-8(9)11/h3-6H,1-2H3/q-1. The second-order valence-electron chi connectivity index (χ2n) is 2.97. The van der Waals surface area contributed by atoms with E-state index in [0.29, 0.717) is 0 Å². The molecule has 2 nitrogen and oxygen atoms in total. The maximum absolute atomic E-state index is 3.45. The van der Waals surface area contributed by atoms with E-state index < -0.39 is 0 Å². The maximum Gasteiger partial charge on any atom is 0.0308 e. The number of nitrogens with zero attached hydrogens (tertiary/aromatic N) is 2. The van der Waals surface area contributed by atoms with Gasteiger partial charge in [0, 0.05) is 15.8 Å². The van der Waals surface area contributed by atoms with Gasteiger partial charge in [0.2, 0.25) is 0 Å². The Morgan fingerprint density at radius 3 is 2.58 bits per heavy atom. The van der Waals surface area contributed by atoms with E-state index >= 15 is 0 Å². The van der Waals surface area contributed by atoms with E-state index in [1.54, 1.807) is 0 Å². The summed E-state index contributed by atoms with van der Waals surface area (Å²) in [6.07, 6.45) is 0. The van der Waals surface area contributed by atoms with Crippen molar-refractivity contribution in [2.24, 2.45) is 0 Å². The van der Waals surface area contributed by atoms with Crippen LogP contribution in [0.2, 0.25) is 0 Å². The molecule has 1 aromatic carbocycles. The largest absolute Gasteiger partial charge is 0.504 e. The van der Waals surface area contributed by atoms with Gasteiger partial charge in [-0.1, -0.05) is 15.9 Å². The summed E-state index contributed by atoms with van der Waals surface area (Å²) in [5.41, 5.74) is 2.49. The predicted molar refractivity (Wildman–Crippen MR) is 55.2 cm³/mol. The molecule has 0 N–H and O–H groups in total. The Balaban J connectivity index is 2.53. The van der Waals surface area contributed by atoms with E-state index in [4.69, 9.17) is 0 Å². The van der Waals surface area contributed by atoms with Crippen molar-refractivity contribution in [3.05, 3.63) is 29.3 Å². The molecule has 0 aliphatic carbocycles. The topological polar surface area (TPSA) is 6.48 Å². The fourth-order valence-corrected chi connectivity index (χ4v) is 1.81. The first-order valence-electron chi connectivity index (χ1n) is 3.79. The smallest absolute Gasteiger partial charge is 0.0308 e. The lowest BCUT2D eigenvalue weighted by Gasteiger charge is -2.26. The van der Waals surface area contributed by atoms with Gasteiger partial charge in [-0.2, -0.15) is 6.67 Å². The molecule has 0 saturated heterocycles. The number of fused-ring (bicyclic) bond motifs is 1. The lowest BCUT2D eigenvalue weighted by Crippen LogP contribution is -2.16. The van der Waals surface area contributed by atoms with Gasteiger partial charge in [0.15, 0.2) is 0 Å². The highest BCUT2D eigenvalue weighted by Gasteiger charge is 2.11. The zero-order chi connectivity index (χ0) is 8.72. The molecule has 0 saturated carbocycles. The molecule has 0 amide bonds. The van der Waals surface area contributed by atoms with Crippen molar-refractivity contribution in [2.45, 2.75) is 0 Å². The van der Waals surface area contributed by atoms with Crippen LogP contribution in [0.4, 0.5) is 11.4 Å². The first-order valence-corrected chi connectivity index (χ1v) is 4.58. The first-order chi connectivity index (χ1) is 5.68. The van der Waals surface area contributed by atoms with E-state index in [-0.39, 0.29) is 0 Å². The third kappa shape index (κ3) is 1.08. The lowest BCUT2D eigenvalue weighted by atomic mass is 10.2. The van der Waals surface area contributed by atoms with Crippen LogP contribution in [0.25, 0.3) is 0 Å². The van der Waals surface area contributed by atoms with Crippen molar-refractivity contribution in [3.63, 3.8) is 0 Å². The van der Waals surface area contributed by atoms with Crippen molar-refractivity contribution in [2.75, 3.05) is 23.9 Å². The molecular formula is C9H10BrN2-. The minimum atomic E-state index is 1.12. The normalized spacial score (nSPS) is 15.2. The Hall–Kier alpha value is -0.700. The molecule has 0 atom stereocenters. The summed E-state index contributed by atoms with van der Waals surface area (Å²) in [6.45, 7) is 2.07. The maximum atomic E-state index is 3.45. The molecule has 64 valence electrons. The Morgan fingerprint density at radius 2 is 1.83 bits per heavy atom. The molecule has 0 spiro atoms. The minimum Gasteiger partial charge on any atom is -0.504 e. The Kier molecular flexibility index (Phi) is 1.76. The van der Waals surface area contributed by atoms with Crippen LogP contribution in [0.5, 0.6) is 0 Å². The molecule has 0 fully saturated rings. The fourth-order valence-electron chi connectivity index (χ4n) is 1.46. The van der Waals surface area contributed by atoms with Crippen LogP contribution in [0.15, 0.2) is 22.7 Å². The van der Waals surface area contributed by atoms with Gasteiger partial charge in [0.25, 0.3) is 0 Å². The van der Waals surface area contributed by atoms with Gasteiger partial charge < -0.3 is 9.80 Å².